The van der Waals surface area contributed by atoms with Crippen molar-refractivity contribution in [1.82, 2.24) is 19.9 Å². The fourth-order valence-electron chi connectivity index (χ4n) is 3.27. The molecule has 0 radical (unpaired) electrons. The van der Waals surface area contributed by atoms with Gasteiger partial charge in [-0.3, -0.25) is 4.79 Å². The van der Waals surface area contributed by atoms with Crippen molar-refractivity contribution in [2.45, 2.75) is 18.8 Å². The lowest BCUT2D eigenvalue weighted by Crippen LogP contribution is -2.40. The Hall–Kier alpha value is -2.83. The molecule has 0 spiro atoms. The minimum absolute atomic E-state index is 0.0496. The predicted molar refractivity (Wildman–Crippen MR) is 88.1 cm³/mol. The zero-order chi connectivity index (χ0) is 17.4. The molecular formula is C18H16F2N4O. The third-order valence-electron chi connectivity index (χ3n) is 4.51. The van der Waals surface area contributed by atoms with E-state index in [1.165, 1.54) is 0 Å². The Labute approximate surface area is 142 Å². The van der Waals surface area contributed by atoms with Crippen molar-refractivity contribution in [3.05, 3.63) is 59.7 Å². The number of carbonyl (C=O) groups excluding carboxylic acids is 1. The van der Waals surface area contributed by atoms with Crippen LogP contribution < -0.4 is 0 Å². The minimum Gasteiger partial charge on any atom is -0.342 e. The predicted octanol–water partition coefficient (Wildman–Crippen LogP) is 3.26. The van der Waals surface area contributed by atoms with Crippen LogP contribution >= 0.6 is 0 Å². The van der Waals surface area contributed by atoms with Gasteiger partial charge in [-0.2, -0.15) is 0 Å². The Morgan fingerprint density at radius 1 is 1.28 bits per heavy atom. The van der Waals surface area contributed by atoms with Crippen molar-refractivity contribution in [3.8, 4) is 0 Å². The monoisotopic (exact) mass is 342 g/mol. The van der Waals surface area contributed by atoms with E-state index in [-0.39, 0.29) is 11.6 Å². The van der Waals surface area contributed by atoms with Crippen LogP contribution in [-0.2, 0) is 0 Å². The van der Waals surface area contributed by atoms with Gasteiger partial charge in [0.2, 0.25) is 0 Å². The number of aromatic amines is 1. The number of halogens is 2. The molecule has 0 saturated carbocycles. The van der Waals surface area contributed by atoms with Gasteiger partial charge in [-0.15, -0.1) is 0 Å². The number of nitrogens with one attached hydrogen (secondary N) is 1. The van der Waals surface area contributed by atoms with Gasteiger partial charge in [0, 0.05) is 25.1 Å². The van der Waals surface area contributed by atoms with Crippen molar-refractivity contribution in [3.63, 3.8) is 0 Å². The molecule has 3 heterocycles. The molecule has 2 aromatic heterocycles. The molecule has 1 N–H and O–H groups in total. The number of carbonyl (C=O) groups is 1. The third-order valence-corrected chi connectivity index (χ3v) is 4.51. The highest BCUT2D eigenvalue weighted by Gasteiger charge is 2.29. The molecule has 5 nitrogen and oxygen atoms in total. The van der Waals surface area contributed by atoms with Gasteiger partial charge < -0.3 is 9.88 Å². The molecule has 4 rings (SSSR count). The largest absolute Gasteiger partial charge is 0.342 e. The first-order valence-electron chi connectivity index (χ1n) is 8.17. The van der Waals surface area contributed by atoms with E-state index in [2.05, 4.69) is 15.0 Å². The number of aromatic nitrogens is 3. The van der Waals surface area contributed by atoms with Crippen LogP contribution in [0.25, 0.3) is 11.0 Å². The molecule has 1 atom stereocenters. The number of likely N-dealkylation sites (tertiary alicyclic amines) is 1. The quantitative estimate of drug-likeness (QED) is 0.778. The second-order valence-corrected chi connectivity index (χ2v) is 6.21. The summed E-state index contributed by atoms with van der Waals surface area (Å²) in [7, 11) is 0. The van der Waals surface area contributed by atoms with Crippen LogP contribution in [0.4, 0.5) is 8.78 Å². The van der Waals surface area contributed by atoms with Crippen LogP contribution in [0, 0.1) is 11.6 Å². The first-order chi connectivity index (χ1) is 12.1. The number of H-pyrrole nitrogens is 1. The number of piperidine rings is 1. The summed E-state index contributed by atoms with van der Waals surface area (Å²) in [5.41, 5.74) is 1.49. The summed E-state index contributed by atoms with van der Waals surface area (Å²) in [6.07, 6.45) is 2.54. The lowest BCUT2D eigenvalue weighted by Gasteiger charge is -2.31. The fraction of sp³-hybridized carbons (Fsp3) is 0.278. The summed E-state index contributed by atoms with van der Waals surface area (Å²) < 4.78 is 26.8. The smallest absolute Gasteiger partial charge is 0.275 e. The summed E-state index contributed by atoms with van der Waals surface area (Å²) in [4.78, 5) is 25.6. The fourth-order valence-corrected chi connectivity index (χ4v) is 3.27. The number of para-hydroxylation sites is 2. The van der Waals surface area contributed by atoms with Crippen LogP contribution in [0.1, 0.15) is 35.1 Å². The van der Waals surface area contributed by atoms with Gasteiger partial charge in [-0.1, -0.05) is 12.1 Å². The van der Waals surface area contributed by atoms with E-state index in [4.69, 9.17) is 0 Å². The topological polar surface area (TPSA) is 61.9 Å². The van der Waals surface area contributed by atoms with E-state index in [0.29, 0.717) is 19.2 Å². The summed E-state index contributed by atoms with van der Waals surface area (Å²) in [6, 6.07) is 8.42. The molecule has 1 aromatic carbocycles. The minimum atomic E-state index is -0.934. The van der Waals surface area contributed by atoms with Crippen LogP contribution in [0.15, 0.2) is 36.5 Å². The van der Waals surface area contributed by atoms with E-state index in [1.807, 2.05) is 24.3 Å². The Balaban J connectivity index is 1.57. The molecule has 1 fully saturated rings. The first-order valence-corrected chi connectivity index (χ1v) is 8.17. The molecule has 1 aliphatic rings. The lowest BCUT2D eigenvalue weighted by atomic mass is 9.97. The number of nitrogens with zero attached hydrogens (tertiary/aromatic N) is 3. The number of fused-ring (bicyclic) bond motifs is 1. The molecule has 0 unspecified atom stereocenters. The summed E-state index contributed by atoms with van der Waals surface area (Å²) in [5, 5.41) is 0. The molecule has 7 heteroatoms. The van der Waals surface area contributed by atoms with Gasteiger partial charge in [0.1, 0.15) is 11.6 Å². The Morgan fingerprint density at radius 2 is 2.12 bits per heavy atom. The van der Waals surface area contributed by atoms with Gasteiger partial charge in [0.25, 0.3) is 5.91 Å². The van der Waals surface area contributed by atoms with E-state index < -0.39 is 17.5 Å². The van der Waals surface area contributed by atoms with Crippen LogP contribution in [0.5, 0.6) is 0 Å². The number of amides is 1. The molecule has 1 aliphatic heterocycles. The molecule has 0 aliphatic carbocycles. The third kappa shape index (κ3) is 2.97. The number of pyridine rings is 1. The molecule has 1 saturated heterocycles. The maximum atomic E-state index is 13.8. The van der Waals surface area contributed by atoms with E-state index in [9.17, 15) is 13.6 Å². The zero-order valence-corrected chi connectivity index (χ0v) is 13.4. The molecule has 3 aromatic rings. The van der Waals surface area contributed by atoms with Gasteiger partial charge in [0.05, 0.1) is 17.2 Å². The maximum absolute atomic E-state index is 13.8. The SMILES string of the molecule is O=C(c1ncc(F)cc1F)N1CCC[C@H](c2nc3ccccc3[nH]2)C1. The average Bonchev–Trinajstić information content (AvgIpc) is 3.05. The number of hydrogen-bond donors (Lipinski definition) is 1. The second-order valence-electron chi connectivity index (χ2n) is 6.21. The standard InChI is InChI=1S/C18H16F2N4O/c19-12-8-13(20)16(21-9-12)18(25)24-7-3-4-11(10-24)17-22-14-5-1-2-6-15(14)23-17/h1-2,5-6,8-9,11H,3-4,7,10H2,(H,22,23)/t11-/m0/s1. The van der Waals surface area contributed by atoms with Crippen LogP contribution in [0.2, 0.25) is 0 Å². The summed E-state index contributed by atoms with van der Waals surface area (Å²) in [5.74, 6) is -1.37. The first kappa shape index (κ1) is 15.7. The van der Waals surface area contributed by atoms with Crippen molar-refractivity contribution >= 4 is 16.9 Å². The zero-order valence-electron chi connectivity index (χ0n) is 13.4. The van der Waals surface area contributed by atoms with Crippen molar-refractivity contribution in [2.24, 2.45) is 0 Å². The molecule has 0 bridgehead atoms. The van der Waals surface area contributed by atoms with E-state index in [1.54, 1.807) is 4.90 Å². The summed E-state index contributed by atoms with van der Waals surface area (Å²) in [6.45, 7) is 0.950. The highest BCUT2D eigenvalue weighted by Crippen LogP contribution is 2.27. The molecule has 25 heavy (non-hydrogen) atoms. The number of benzene rings is 1. The highest BCUT2D eigenvalue weighted by atomic mass is 19.1. The lowest BCUT2D eigenvalue weighted by molar-refractivity contribution is 0.0693. The Bertz CT molecular complexity index is 907. The highest BCUT2D eigenvalue weighted by molar-refractivity contribution is 5.92. The maximum Gasteiger partial charge on any atom is 0.275 e. The average molecular weight is 342 g/mol. The van der Waals surface area contributed by atoms with Crippen LogP contribution in [0.3, 0.4) is 0 Å². The molecule has 128 valence electrons. The van der Waals surface area contributed by atoms with Gasteiger partial charge in [-0.05, 0) is 25.0 Å². The van der Waals surface area contributed by atoms with Crippen molar-refractivity contribution in [2.75, 3.05) is 13.1 Å². The van der Waals surface area contributed by atoms with Crippen molar-refractivity contribution < 1.29 is 13.6 Å². The summed E-state index contributed by atoms with van der Waals surface area (Å²) >= 11 is 0. The van der Waals surface area contributed by atoms with Gasteiger partial charge >= 0.3 is 0 Å². The van der Waals surface area contributed by atoms with Crippen LogP contribution in [-0.4, -0.2) is 38.8 Å². The van der Waals surface area contributed by atoms with Gasteiger partial charge in [-0.25, -0.2) is 18.7 Å². The van der Waals surface area contributed by atoms with Crippen molar-refractivity contribution in [1.29, 1.82) is 0 Å². The van der Waals surface area contributed by atoms with Gasteiger partial charge in [0.15, 0.2) is 11.5 Å². The molecular weight excluding hydrogens is 326 g/mol. The normalized spacial score (nSPS) is 17.8. The number of imidazole rings is 1. The number of hydrogen-bond acceptors (Lipinski definition) is 3. The Kier molecular flexibility index (Phi) is 3.91. The Morgan fingerprint density at radius 3 is 2.92 bits per heavy atom. The number of rotatable bonds is 2. The van der Waals surface area contributed by atoms with E-state index in [0.717, 1.165) is 35.9 Å². The molecule has 1 amide bonds. The second kappa shape index (κ2) is 6.23. The van der Waals surface area contributed by atoms with E-state index >= 15 is 0 Å².